The molecule has 0 heterocycles. The highest BCUT2D eigenvalue weighted by Gasteiger charge is 2.27. The molecule has 11 heteroatoms. The first-order chi connectivity index (χ1) is 25.7. The molecule has 0 aliphatic rings. The molecule has 0 aliphatic carbocycles. The number of hydrogen-bond donors (Lipinski definition) is 3. The molecule has 0 aromatic heterocycles. The monoisotopic (exact) mass is 771 g/mol. The van der Waals surface area contributed by atoms with Gasteiger partial charge in [-0.3, -0.25) is 18.6 Å². The second-order valence-electron chi connectivity index (χ2n) is 13.7. The molecule has 0 rings (SSSR count). The van der Waals surface area contributed by atoms with Gasteiger partial charge in [0.1, 0.15) is 12.7 Å². The number of allylic oxidation sites excluding steroid dienone is 8. The van der Waals surface area contributed by atoms with E-state index in [0.29, 0.717) is 12.8 Å². The van der Waals surface area contributed by atoms with Gasteiger partial charge in [0.15, 0.2) is 6.10 Å². The highest BCUT2D eigenvalue weighted by Crippen LogP contribution is 2.43. The summed E-state index contributed by atoms with van der Waals surface area (Å²) in [6.07, 6.45) is 39.3. The van der Waals surface area contributed by atoms with Crippen molar-refractivity contribution in [3.05, 3.63) is 48.6 Å². The zero-order valence-electron chi connectivity index (χ0n) is 33.2. The van der Waals surface area contributed by atoms with E-state index in [-0.39, 0.29) is 19.4 Å². The second-order valence-corrected chi connectivity index (χ2v) is 15.1. The van der Waals surface area contributed by atoms with Gasteiger partial charge in [-0.25, -0.2) is 4.57 Å². The quantitative estimate of drug-likeness (QED) is 0.0240. The normalized spacial score (nSPS) is 14.4. The predicted octanol–water partition coefficient (Wildman–Crippen LogP) is 10.6. The Kier molecular flexibility index (Phi) is 36.7. The number of esters is 2. The van der Waals surface area contributed by atoms with Crippen LogP contribution >= 0.6 is 7.82 Å². The van der Waals surface area contributed by atoms with Crippen LogP contribution in [0.3, 0.4) is 0 Å². The van der Waals surface area contributed by atoms with Crippen LogP contribution in [0.2, 0.25) is 0 Å². The number of unbranched alkanes of at least 4 members (excludes halogenated alkanes) is 16. The molecule has 10 nitrogen and oxygen atoms in total. The average molecular weight is 771 g/mol. The Morgan fingerprint density at radius 2 is 0.981 bits per heavy atom. The van der Waals surface area contributed by atoms with E-state index in [4.69, 9.17) is 19.1 Å². The molecule has 0 saturated heterocycles. The first-order valence-electron chi connectivity index (χ1n) is 20.6. The van der Waals surface area contributed by atoms with Gasteiger partial charge >= 0.3 is 19.8 Å². The summed E-state index contributed by atoms with van der Waals surface area (Å²) < 4.78 is 32.6. The Hall–Kier alpha value is -2.07. The van der Waals surface area contributed by atoms with E-state index < -0.39 is 51.8 Å². The van der Waals surface area contributed by atoms with Crippen molar-refractivity contribution in [2.75, 3.05) is 26.4 Å². The number of aliphatic hydroxyl groups is 2. The van der Waals surface area contributed by atoms with Gasteiger partial charge in [0, 0.05) is 12.8 Å². The number of carbonyl (C=O) groups is 2. The minimum atomic E-state index is -4.62. The van der Waals surface area contributed by atoms with Crippen LogP contribution in [0.1, 0.15) is 168 Å². The maximum Gasteiger partial charge on any atom is 0.472 e. The van der Waals surface area contributed by atoms with Crippen LogP contribution in [-0.2, 0) is 32.7 Å². The van der Waals surface area contributed by atoms with Crippen molar-refractivity contribution in [1.82, 2.24) is 0 Å². The maximum absolute atomic E-state index is 12.6. The Labute approximate surface area is 322 Å². The van der Waals surface area contributed by atoms with E-state index in [2.05, 4.69) is 67.0 Å². The Bertz CT molecular complexity index is 1030. The Morgan fingerprint density at radius 1 is 0.566 bits per heavy atom. The van der Waals surface area contributed by atoms with Crippen LogP contribution in [0, 0.1) is 0 Å². The molecule has 0 spiro atoms. The molecule has 0 bridgehead atoms. The number of aliphatic hydroxyl groups excluding tert-OH is 2. The van der Waals surface area contributed by atoms with Crippen LogP contribution in [0.15, 0.2) is 48.6 Å². The van der Waals surface area contributed by atoms with Crippen molar-refractivity contribution in [2.24, 2.45) is 0 Å². The van der Waals surface area contributed by atoms with Crippen LogP contribution in [0.4, 0.5) is 0 Å². The van der Waals surface area contributed by atoms with Gasteiger partial charge in [0.05, 0.1) is 19.8 Å². The summed E-state index contributed by atoms with van der Waals surface area (Å²) in [5.74, 6) is -0.960. The van der Waals surface area contributed by atoms with Gasteiger partial charge in [-0.15, -0.1) is 0 Å². The standard InChI is InChI=1S/C42H75O10P/c1-3-5-7-9-11-13-15-17-19-21-23-25-27-29-31-33-41(45)49-37-40(38-51-53(47,48)50-36-39(44)35-43)52-42(46)34-32-30-28-26-24-22-20-18-16-14-12-10-8-6-4-2/h11-14,17-20,39-40,43-44H,3-10,15-16,21-38H2,1-2H3,(H,47,48). The van der Waals surface area contributed by atoms with Crippen molar-refractivity contribution < 1.29 is 47.8 Å². The smallest absolute Gasteiger partial charge is 0.462 e. The van der Waals surface area contributed by atoms with Crippen LogP contribution < -0.4 is 0 Å². The fraction of sp³-hybridized carbons (Fsp3) is 0.762. The van der Waals surface area contributed by atoms with Crippen molar-refractivity contribution >= 4 is 19.8 Å². The molecule has 0 aliphatic heterocycles. The molecule has 0 saturated carbocycles. The predicted molar refractivity (Wildman–Crippen MR) is 214 cm³/mol. The molecular weight excluding hydrogens is 695 g/mol. The summed E-state index contributed by atoms with van der Waals surface area (Å²) >= 11 is 0. The minimum Gasteiger partial charge on any atom is -0.462 e. The van der Waals surface area contributed by atoms with E-state index in [9.17, 15) is 24.2 Å². The fourth-order valence-electron chi connectivity index (χ4n) is 5.23. The first kappa shape index (κ1) is 50.9. The number of rotatable bonds is 38. The van der Waals surface area contributed by atoms with Gasteiger partial charge in [-0.2, -0.15) is 0 Å². The summed E-state index contributed by atoms with van der Waals surface area (Å²) in [6.45, 7) is 2.28. The molecule has 0 fully saturated rings. The molecule has 0 aromatic rings. The Morgan fingerprint density at radius 3 is 1.45 bits per heavy atom. The summed E-state index contributed by atoms with van der Waals surface area (Å²) in [5, 5.41) is 18.3. The maximum atomic E-state index is 12.6. The lowest BCUT2D eigenvalue weighted by Crippen LogP contribution is -2.29. The van der Waals surface area contributed by atoms with Crippen LogP contribution in [0.5, 0.6) is 0 Å². The van der Waals surface area contributed by atoms with Crippen molar-refractivity contribution in [3.63, 3.8) is 0 Å². The van der Waals surface area contributed by atoms with Gasteiger partial charge < -0.3 is 24.6 Å². The topological polar surface area (TPSA) is 149 Å². The van der Waals surface area contributed by atoms with Gasteiger partial charge in [0.2, 0.25) is 0 Å². The summed E-state index contributed by atoms with van der Waals surface area (Å²) in [6, 6.07) is 0. The van der Waals surface area contributed by atoms with Gasteiger partial charge in [-0.1, -0.05) is 127 Å². The number of phosphoric acid groups is 1. The molecule has 0 amide bonds. The molecular formula is C42H75O10P. The third-order valence-electron chi connectivity index (χ3n) is 8.46. The SMILES string of the molecule is CCCCCC=CCC=CCCCCCCCC(=O)OCC(COP(=O)(O)OCC(O)CO)OC(=O)CCCCCCCC=CCC=CCCCCC. The third kappa shape index (κ3) is 38.0. The fourth-order valence-corrected chi connectivity index (χ4v) is 6.02. The second kappa shape index (κ2) is 38.2. The average Bonchev–Trinajstić information content (AvgIpc) is 3.14. The molecule has 0 radical (unpaired) electrons. The molecule has 53 heavy (non-hydrogen) atoms. The van der Waals surface area contributed by atoms with E-state index in [1.54, 1.807) is 0 Å². The molecule has 3 atom stereocenters. The zero-order chi connectivity index (χ0) is 39.1. The third-order valence-corrected chi connectivity index (χ3v) is 9.41. The first-order valence-corrected chi connectivity index (χ1v) is 22.1. The zero-order valence-corrected chi connectivity index (χ0v) is 34.1. The highest BCUT2D eigenvalue weighted by molar-refractivity contribution is 7.47. The van der Waals surface area contributed by atoms with E-state index >= 15 is 0 Å². The number of phosphoric ester groups is 1. The van der Waals surface area contributed by atoms with Crippen molar-refractivity contribution in [2.45, 2.75) is 180 Å². The summed E-state index contributed by atoms with van der Waals surface area (Å²) in [7, 11) is -4.62. The van der Waals surface area contributed by atoms with E-state index in [1.165, 1.54) is 38.5 Å². The lowest BCUT2D eigenvalue weighted by atomic mass is 10.1. The van der Waals surface area contributed by atoms with Crippen LogP contribution in [-0.4, -0.2) is 65.7 Å². The lowest BCUT2D eigenvalue weighted by Gasteiger charge is -2.20. The molecule has 3 unspecified atom stereocenters. The molecule has 0 aromatic carbocycles. The van der Waals surface area contributed by atoms with Gasteiger partial charge in [-0.05, 0) is 77.0 Å². The van der Waals surface area contributed by atoms with Crippen molar-refractivity contribution in [1.29, 1.82) is 0 Å². The van der Waals surface area contributed by atoms with Gasteiger partial charge in [0.25, 0.3) is 0 Å². The minimum absolute atomic E-state index is 0.164. The summed E-state index contributed by atoms with van der Waals surface area (Å²) in [5.41, 5.74) is 0. The Balaban J connectivity index is 4.39. The number of hydrogen-bond acceptors (Lipinski definition) is 9. The summed E-state index contributed by atoms with van der Waals surface area (Å²) in [4.78, 5) is 34.9. The van der Waals surface area contributed by atoms with E-state index in [1.807, 2.05) is 0 Å². The molecule has 308 valence electrons. The van der Waals surface area contributed by atoms with E-state index in [0.717, 1.165) is 89.9 Å². The molecule has 3 N–H and O–H groups in total. The highest BCUT2D eigenvalue weighted by atomic mass is 31.2. The van der Waals surface area contributed by atoms with Crippen molar-refractivity contribution in [3.8, 4) is 0 Å². The number of carbonyl (C=O) groups excluding carboxylic acids is 2. The largest absolute Gasteiger partial charge is 0.472 e. The lowest BCUT2D eigenvalue weighted by molar-refractivity contribution is -0.161. The number of ether oxygens (including phenoxy) is 2. The van der Waals surface area contributed by atoms with Crippen LogP contribution in [0.25, 0.3) is 0 Å².